The maximum Gasteiger partial charge on any atom is 0.405 e. The highest BCUT2D eigenvalue weighted by Gasteiger charge is 2.53. The van der Waals surface area contributed by atoms with E-state index in [2.05, 4.69) is 10.6 Å². The van der Waals surface area contributed by atoms with Crippen molar-refractivity contribution in [2.75, 3.05) is 13.1 Å². The molecule has 0 bridgehead atoms. The van der Waals surface area contributed by atoms with E-state index in [1.54, 1.807) is 81.1 Å². The fraction of sp³-hybridized carbons (Fsp3) is 0.500. The lowest BCUT2D eigenvalue weighted by molar-refractivity contribution is -0.146. The second kappa shape index (κ2) is 16.6. The summed E-state index contributed by atoms with van der Waals surface area (Å²) in [7, 11) is 0. The van der Waals surface area contributed by atoms with Crippen LogP contribution in [0.3, 0.4) is 0 Å². The number of hydrogen-bond acceptors (Lipinski definition) is 7. The van der Waals surface area contributed by atoms with Crippen LogP contribution in [0, 0.1) is 11.8 Å². The molecule has 0 radical (unpaired) electrons. The summed E-state index contributed by atoms with van der Waals surface area (Å²) in [6, 6.07) is 11.6. The Bertz CT molecular complexity index is 1640. The van der Waals surface area contributed by atoms with Gasteiger partial charge in [-0.15, -0.1) is 0 Å². The fourth-order valence-corrected chi connectivity index (χ4v) is 7.75. The van der Waals surface area contributed by atoms with Crippen molar-refractivity contribution in [2.24, 2.45) is 23.3 Å². The molecule has 2 saturated heterocycles. The van der Waals surface area contributed by atoms with Gasteiger partial charge in [-0.1, -0.05) is 76.2 Å². The van der Waals surface area contributed by atoms with Gasteiger partial charge in [-0.05, 0) is 59.8 Å². The van der Waals surface area contributed by atoms with Gasteiger partial charge in [0, 0.05) is 33.1 Å². The second-order valence-electron chi connectivity index (χ2n) is 14.7. The van der Waals surface area contributed by atoms with Gasteiger partial charge < -0.3 is 47.0 Å². The minimum absolute atomic E-state index is 0.197. The number of primary amides is 2. The number of nitrogens with two attached hydrogens (primary N) is 2. The van der Waals surface area contributed by atoms with Gasteiger partial charge >= 0.3 is 12.2 Å². The topological polar surface area (TPSA) is 246 Å². The first kappa shape index (κ1) is 41.1. The molecule has 2 heterocycles. The van der Waals surface area contributed by atoms with Gasteiger partial charge in [-0.25, -0.2) is 9.59 Å². The van der Waals surface area contributed by atoms with Crippen LogP contribution in [0.2, 0.25) is 0 Å². The normalized spacial score (nSPS) is 20.7. The number of nitrogens with zero attached hydrogens (tertiary/aromatic N) is 3. The molecule has 4 atom stereocenters. The maximum atomic E-state index is 13.6. The number of likely N-dealkylation sites (tertiary alicyclic amines) is 2. The van der Waals surface area contributed by atoms with E-state index in [0.29, 0.717) is 24.0 Å². The van der Waals surface area contributed by atoms with E-state index in [-0.39, 0.29) is 56.8 Å². The van der Waals surface area contributed by atoms with Crippen molar-refractivity contribution in [3.05, 3.63) is 70.8 Å². The van der Waals surface area contributed by atoms with Gasteiger partial charge in [0.2, 0.25) is 29.5 Å². The first-order chi connectivity index (χ1) is 25.4. The second-order valence-corrected chi connectivity index (χ2v) is 14.7. The summed E-state index contributed by atoms with van der Waals surface area (Å²) < 4.78 is 0. The quantitative estimate of drug-likeness (QED) is 0.166. The van der Waals surface area contributed by atoms with E-state index in [0.717, 1.165) is 11.1 Å². The molecule has 4 rings (SSSR count). The summed E-state index contributed by atoms with van der Waals surface area (Å²) in [6.07, 6.45) is -1.20. The average molecular weight is 750 g/mol. The van der Waals surface area contributed by atoms with Crippen molar-refractivity contribution < 1.29 is 43.8 Å². The number of carboxylic acid groups (broad SMARTS) is 2. The largest absolute Gasteiger partial charge is 0.465 e. The zero-order valence-electron chi connectivity index (χ0n) is 31.3. The Morgan fingerprint density at radius 2 is 1.00 bits per heavy atom. The number of amides is 7. The summed E-state index contributed by atoms with van der Waals surface area (Å²) >= 11 is 0. The zero-order valence-corrected chi connectivity index (χ0v) is 31.3. The number of benzene rings is 2. The van der Waals surface area contributed by atoms with E-state index < -0.39 is 59.0 Å². The smallest absolute Gasteiger partial charge is 0.405 e. The third-order valence-electron chi connectivity index (χ3n) is 10.6. The molecule has 0 spiro atoms. The third kappa shape index (κ3) is 8.11. The van der Waals surface area contributed by atoms with Crippen molar-refractivity contribution in [2.45, 2.75) is 96.6 Å². The molecule has 2 aromatic carbocycles. The van der Waals surface area contributed by atoms with E-state index in [9.17, 15) is 43.8 Å². The van der Waals surface area contributed by atoms with Gasteiger partial charge in [0.15, 0.2) is 0 Å². The molecule has 0 aromatic heterocycles. The molecule has 16 heteroatoms. The lowest BCUT2D eigenvalue weighted by Gasteiger charge is -2.39. The number of nitrogens with one attached hydrogen (secondary N) is 2. The predicted octanol–water partition coefficient (Wildman–Crippen LogP) is 2.43. The van der Waals surface area contributed by atoms with Crippen molar-refractivity contribution in [3.8, 4) is 0 Å². The van der Waals surface area contributed by atoms with Gasteiger partial charge in [0.05, 0.1) is 0 Å². The van der Waals surface area contributed by atoms with Crippen LogP contribution < -0.4 is 22.1 Å². The molecule has 0 aliphatic carbocycles. The number of carbonyl (C=O) groups is 7. The van der Waals surface area contributed by atoms with E-state index in [1.807, 2.05) is 0 Å². The van der Waals surface area contributed by atoms with Crippen LogP contribution in [0.1, 0.15) is 82.6 Å². The number of rotatable bonds is 14. The summed E-state index contributed by atoms with van der Waals surface area (Å²) in [5.41, 5.74) is 11.4. The lowest BCUT2D eigenvalue weighted by Crippen LogP contribution is -2.59. The van der Waals surface area contributed by atoms with Crippen molar-refractivity contribution in [1.82, 2.24) is 25.3 Å². The average Bonchev–Trinajstić information content (AvgIpc) is 3.76. The zero-order chi connectivity index (χ0) is 40.1. The Morgan fingerprint density at radius 3 is 1.26 bits per heavy atom. The Hall–Kier alpha value is -5.67. The predicted molar refractivity (Wildman–Crippen MR) is 196 cm³/mol. The Balaban J connectivity index is 1.55. The van der Waals surface area contributed by atoms with Crippen LogP contribution in [-0.2, 0) is 48.1 Å². The summed E-state index contributed by atoms with van der Waals surface area (Å²) in [5, 5.41) is 23.2. The van der Waals surface area contributed by atoms with Crippen LogP contribution in [0.4, 0.5) is 9.59 Å². The molecular formula is C38H51N7O9. The SMILES string of the molecule is CC(=O)N(Cc1ccc([C@]2(C(N)=O)CCCN2C(=O)[C@@H](NC(=O)O)C(C)C)cc1)Cc1ccc([C@]2(C(N)=O)CCCN2C(=O)[C@@H](NC(=O)O)C(C)C)cc1. The molecule has 292 valence electrons. The highest BCUT2D eigenvalue weighted by molar-refractivity contribution is 5.96. The van der Waals surface area contributed by atoms with Crippen LogP contribution in [0.15, 0.2) is 48.5 Å². The van der Waals surface area contributed by atoms with E-state index in [1.165, 1.54) is 16.7 Å². The fourth-order valence-electron chi connectivity index (χ4n) is 7.75. The highest BCUT2D eigenvalue weighted by Crippen LogP contribution is 2.41. The highest BCUT2D eigenvalue weighted by atomic mass is 16.4. The molecule has 2 aliphatic heterocycles. The van der Waals surface area contributed by atoms with Gasteiger partial charge in [0.25, 0.3) is 0 Å². The van der Waals surface area contributed by atoms with Crippen molar-refractivity contribution in [3.63, 3.8) is 0 Å². The van der Waals surface area contributed by atoms with Crippen LogP contribution >= 0.6 is 0 Å². The van der Waals surface area contributed by atoms with Gasteiger partial charge in [-0.2, -0.15) is 0 Å². The molecule has 54 heavy (non-hydrogen) atoms. The van der Waals surface area contributed by atoms with Crippen LogP contribution in [-0.4, -0.2) is 91.8 Å². The number of carbonyl (C=O) groups excluding carboxylic acids is 5. The van der Waals surface area contributed by atoms with Gasteiger partial charge in [-0.3, -0.25) is 24.0 Å². The minimum atomic E-state index is -1.48. The summed E-state index contributed by atoms with van der Waals surface area (Å²) in [5.74, 6) is -3.52. The number of hydrogen-bond donors (Lipinski definition) is 6. The molecule has 0 unspecified atom stereocenters. The molecule has 8 N–H and O–H groups in total. The maximum absolute atomic E-state index is 13.6. The molecule has 2 aliphatic rings. The van der Waals surface area contributed by atoms with Crippen molar-refractivity contribution >= 4 is 41.7 Å². The monoisotopic (exact) mass is 749 g/mol. The van der Waals surface area contributed by atoms with Crippen molar-refractivity contribution in [1.29, 1.82) is 0 Å². The van der Waals surface area contributed by atoms with Gasteiger partial charge in [0.1, 0.15) is 23.2 Å². The first-order valence-corrected chi connectivity index (χ1v) is 18.0. The third-order valence-corrected chi connectivity index (χ3v) is 10.6. The van der Waals surface area contributed by atoms with E-state index >= 15 is 0 Å². The summed E-state index contributed by atoms with van der Waals surface area (Å²) in [6.45, 7) is 9.11. The molecule has 7 amide bonds. The molecule has 16 nitrogen and oxygen atoms in total. The van der Waals surface area contributed by atoms with E-state index in [4.69, 9.17) is 11.5 Å². The van der Waals surface area contributed by atoms with Crippen LogP contribution in [0.5, 0.6) is 0 Å². The Kier molecular flexibility index (Phi) is 12.6. The first-order valence-electron chi connectivity index (χ1n) is 18.0. The van der Waals surface area contributed by atoms with Crippen LogP contribution in [0.25, 0.3) is 0 Å². The lowest BCUT2D eigenvalue weighted by atomic mass is 9.85. The minimum Gasteiger partial charge on any atom is -0.465 e. The Morgan fingerprint density at radius 1 is 0.667 bits per heavy atom. The summed E-state index contributed by atoms with van der Waals surface area (Å²) in [4.78, 5) is 93.5. The molecule has 0 saturated carbocycles. The molecule has 2 aromatic rings. The standard InChI is InChI=1S/C38H51N7O9/c1-22(2)29(41-35(51)52)31(47)44-18-6-16-37(44,33(39)49)27-12-8-25(9-13-27)20-43(24(5)46)21-26-10-14-28(15-11-26)38(34(40)50)17-7-19-45(38)32(48)30(23(3)4)42-36(53)54/h8-15,22-23,29-30,41-42H,6-7,16-21H2,1-5H3,(H2,39,49)(H2,40,50)(H,51,52)(H,53,54)/t29-,30-,37-,38-/m0/s1. The Labute approximate surface area is 314 Å². The molecule has 2 fully saturated rings. The molecular weight excluding hydrogens is 698 g/mol.